The molecule has 2 aliphatic rings. The molecule has 1 aromatic carbocycles. The third-order valence-corrected chi connectivity index (χ3v) is 5.25. The van der Waals surface area contributed by atoms with Crippen molar-refractivity contribution < 1.29 is 4.79 Å². The van der Waals surface area contributed by atoms with Gasteiger partial charge in [-0.3, -0.25) is 4.79 Å². The second-order valence-corrected chi connectivity index (χ2v) is 6.73. The number of nitrogens with zero attached hydrogens (tertiary/aromatic N) is 1. The fourth-order valence-electron chi connectivity index (χ4n) is 3.86. The molecular weight excluding hydrogens is 286 g/mol. The number of benzene rings is 1. The molecule has 2 fully saturated rings. The van der Waals surface area contributed by atoms with E-state index in [1.807, 2.05) is 29.2 Å². The van der Waals surface area contributed by atoms with Crippen molar-refractivity contribution in [3.63, 3.8) is 0 Å². The number of nitrogens with one attached hydrogen (secondary N) is 1. The van der Waals surface area contributed by atoms with E-state index in [1.165, 1.54) is 0 Å². The molecule has 1 aliphatic carbocycles. The predicted molar refractivity (Wildman–Crippen MR) is 83.4 cm³/mol. The summed E-state index contributed by atoms with van der Waals surface area (Å²) in [7, 11) is 0. The molecule has 1 amide bonds. The van der Waals surface area contributed by atoms with E-state index in [0.717, 1.165) is 36.8 Å². The Labute approximate surface area is 128 Å². The molecule has 0 radical (unpaired) electrons. The van der Waals surface area contributed by atoms with E-state index in [4.69, 9.17) is 17.3 Å². The Bertz CT molecular complexity index is 711. The maximum Gasteiger partial charge on any atom is 0.270 e. The van der Waals surface area contributed by atoms with Gasteiger partial charge in [-0.15, -0.1) is 0 Å². The summed E-state index contributed by atoms with van der Waals surface area (Å²) in [6.07, 6.45) is 2.25. The summed E-state index contributed by atoms with van der Waals surface area (Å²) < 4.78 is 0. The summed E-state index contributed by atoms with van der Waals surface area (Å²) in [6.45, 7) is 1.63. The number of carbonyl (C=O) groups excluding carboxylic acids is 1. The topological polar surface area (TPSA) is 62.1 Å². The van der Waals surface area contributed by atoms with E-state index in [0.29, 0.717) is 22.6 Å². The number of aromatic nitrogens is 1. The highest BCUT2D eigenvalue weighted by Crippen LogP contribution is 2.37. The van der Waals surface area contributed by atoms with Gasteiger partial charge in [-0.1, -0.05) is 17.7 Å². The van der Waals surface area contributed by atoms with E-state index >= 15 is 0 Å². The Morgan fingerprint density at radius 3 is 2.95 bits per heavy atom. The van der Waals surface area contributed by atoms with Gasteiger partial charge in [0.1, 0.15) is 5.69 Å². The van der Waals surface area contributed by atoms with Crippen molar-refractivity contribution in [1.29, 1.82) is 0 Å². The van der Waals surface area contributed by atoms with Gasteiger partial charge < -0.3 is 15.6 Å². The molecular formula is C16H18ClN3O. The van der Waals surface area contributed by atoms with E-state index in [-0.39, 0.29) is 11.9 Å². The van der Waals surface area contributed by atoms with Gasteiger partial charge in [0.25, 0.3) is 5.91 Å². The lowest BCUT2D eigenvalue weighted by Crippen LogP contribution is -2.33. The number of aromatic amines is 1. The highest BCUT2D eigenvalue weighted by atomic mass is 35.5. The smallest absolute Gasteiger partial charge is 0.270 e. The average molecular weight is 304 g/mol. The minimum absolute atomic E-state index is 0.0731. The number of H-pyrrole nitrogens is 1. The lowest BCUT2D eigenvalue weighted by Gasteiger charge is -2.17. The van der Waals surface area contributed by atoms with Gasteiger partial charge in [-0.05, 0) is 42.9 Å². The van der Waals surface area contributed by atoms with Crippen LogP contribution in [0.15, 0.2) is 24.3 Å². The highest BCUT2D eigenvalue weighted by Gasteiger charge is 2.42. The molecule has 4 nitrogen and oxygen atoms in total. The molecule has 3 atom stereocenters. The number of fused-ring (bicyclic) bond motifs is 2. The number of carbonyl (C=O) groups is 1. The summed E-state index contributed by atoms with van der Waals surface area (Å²) in [5.74, 6) is 1.14. The fraction of sp³-hybridized carbons (Fsp3) is 0.438. The van der Waals surface area contributed by atoms with E-state index < -0.39 is 0 Å². The third kappa shape index (κ3) is 2.14. The fourth-order valence-corrected chi connectivity index (χ4v) is 4.03. The molecule has 110 valence electrons. The molecule has 1 saturated carbocycles. The summed E-state index contributed by atoms with van der Waals surface area (Å²) in [5.41, 5.74) is 7.68. The third-order valence-electron chi connectivity index (χ3n) is 5.01. The molecule has 1 saturated heterocycles. The molecule has 5 heteroatoms. The first-order valence-electron chi connectivity index (χ1n) is 7.45. The molecule has 0 bridgehead atoms. The minimum atomic E-state index is 0.0731. The summed E-state index contributed by atoms with van der Waals surface area (Å²) in [5, 5.41) is 1.68. The van der Waals surface area contributed by atoms with Crippen LogP contribution in [0.3, 0.4) is 0 Å². The monoisotopic (exact) mass is 303 g/mol. The minimum Gasteiger partial charge on any atom is -0.350 e. The standard InChI is InChI=1S/C16H18ClN3O/c17-11-3-1-9-5-15(19-14(9)6-11)16(21)20-7-10-2-4-13(18)12(10)8-20/h1,3,5-6,10,12-13,19H,2,4,7-8,18H2. The Balaban J connectivity index is 1.59. The predicted octanol–water partition coefficient (Wildman–Crippen LogP) is 2.63. The Hall–Kier alpha value is -1.52. The van der Waals surface area contributed by atoms with Crippen molar-refractivity contribution in [2.45, 2.75) is 18.9 Å². The SMILES string of the molecule is NC1CCC2CN(C(=O)c3cc4ccc(Cl)cc4[nH]3)CC12. The van der Waals surface area contributed by atoms with E-state index in [1.54, 1.807) is 0 Å². The normalized spacial score (nSPS) is 28.3. The quantitative estimate of drug-likeness (QED) is 0.850. The van der Waals surface area contributed by atoms with Gasteiger partial charge >= 0.3 is 0 Å². The number of halogens is 1. The van der Waals surface area contributed by atoms with Gasteiger partial charge in [-0.2, -0.15) is 0 Å². The van der Waals surface area contributed by atoms with E-state index in [2.05, 4.69) is 4.98 Å². The highest BCUT2D eigenvalue weighted by molar-refractivity contribution is 6.31. The molecule has 0 spiro atoms. The van der Waals surface area contributed by atoms with Crippen molar-refractivity contribution in [3.8, 4) is 0 Å². The maximum atomic E-state index is 12.7. The lowest BCUT2D eigenvalue weighted by atomic mass is 9.98. The molecule has 2 aromatic rings. The van der Waals surface area contributed by atoms with Gasteiger partial charge in [-0.25, -0.2) is 0 Å². The van der Waals surface area contributed by atoms with Crippen LogP contribution in [0.25, 0.3) is 10.9 Å². The molecule has 21 heavy (non-hydrogen) atoms. The summed E-state index contributed by atoms with van der Waals surface area (Å²) in [4.78, 5) is 17.8. The van der Waals surface area contributed by atoms with Crippen LogP contribution < -0.4 is 5.73 Å². The van der Waals surface area contributed by atoms with Crippen molar-refractivity contribution in [2.75, 3.05) is 13.1 Å². The van der Waals surface area contributed by atoms with Crippen LogP contribution >= 0.6 is 11.6 Å². The van der Waals surface area contributed by atoms with Crippen LogP contribution in [-0.2, 0) is 0 Å². The number of hydrogen-bond acceptors (Lipinski definition) is 2. The second kappa shape index (κ2) is 4.75. The van der Waals surface area contributed by atoms with Crippen LogP contribution in [0.4, 0.5) is 0 Å². The van der Waals surface area contributed by atoms with Gasteiger partial charge in [0, 0.05) is 35.1 Å². The number of likely N-dealkylation sites (tertiary alicyclic amines) is 1. The first kappa shape index (κ1) is 13.2. The molecule has 2 heterocycles. The van der Waals surface area contributed by atoms with Crippen molar-refractivity contribution in [3.05, 3.63) is 35.0 Å². The average Bonchev–Trinajstić information content (AvgIpc) is 3.13. The second-order valence-electron chi connectivity index (χ2n) is 6.29. The summed E-state index contributed by atoms with van der Waals surface area (Å²) >= 11 is 5.99. The molecule has 4 rings (SSSR count). The van der Waals surface area contributed by atoms with Crippen LogP contribution in [0.2, 0.25) is 5.02 Å². The van der Waals surface area contributed by atoms with Gasteiger partial charge in [0.2, 0.25) is 0 Å². The zero-order valence-electron chi connectivity index (χ0n) is 11.7. The van der Waals surface area contributed by atoms with Crippen LogP contribution in [0.1, 0.15) is 23.3 Å². The zero-order chi connectivity index (χ0) is 14.6. The first-order valence-corrected chi connectivity index (χ1v) is 7.83. The van der Waals surface area contributed by atoms with Crippen LogP contribution in [0, 0.1) is 11.8 Å². The summed E-state index contributed by atoms with van der Waals surface area (Å²) in [6, 6.07) is 7.78. The van der Waals surface area contributed by atoms with Gasteiger partial charge in [0.05, 0.1) is 0 Å². The zero-order valence-corrected chi connectivity index (χ0v) is 12.4. The van der Waals surface area contributed by atoms with Crippen molar-refractivity contribution in [2.24, 2.45) is 17.6 Å². The van der Waals surface area contributed by atoms with Gasteiger partial charge in [0.15, 0.2) is 0 Å². The van der Waals surface area contributed by atoms with Crippen molar-refractivity contribution in [1.82, 2.24) is 9.88 Å². The van der Waals surface area contributed by atoms with Crippen LogP contribution in [-0.4, -0.2) is 34.9 Å². The Morgan fingerprint density at radius 2 is 2.14 bits per heavy atom. The van der Waals surface area contributed by atoms with Crippen molar-refractivity contribution >= 4 is 28.4 Å². The molecule has 1 aromatic heterocycles. The number of amides is 1. The Kier molecular flexibility index (Phi) is 2.98. The number of rotatable bonds is 1. The molecule has 3 unspecified atom stereocenters. The lowest BCUT2D eigenvalue weighted by molar-refractivity contribution is 0.0774. The molecule has 3 N–H and O–H groups in total. The largest absolute Gasteiger partial charge is 0.350 e. The molecule has 1 aliphatic heterocycles. The maximum absolute atomic E-state index is 12.7. The van der Waals surface area contributed by atoms with E-state index in [9.17, 15) is 4.79 Å². The number of nitrogens with two attached hydrogens (primary N) is 1. The number of hydrogen-bond donors (Lipinski definition) is 2. The first-order chi connectivity index (χ1) is 10.1. The van der Waals surface area contributed by atoms with Crippen LogP contribution in [0.5, 0.6) is 0 Å². The Morgan fingerprint density at radius 1 is 1.29 bits per heavy atom.